The lowest BCUT2D eigenvalue weighted by molar-refractivity contribution is -0.117. The third-order valence-corrected chi connectivity index (χ3v) is 6.38. The zero-order valence-corrected chi connectivity index (χ0v) is 19.2. The predicted octanol–water partition coefficient (Wildman–Crippen LogP) is 4.17. The SMILES string of the molecule is CC1CC1C(=O)Nc1cccc(C(=O)N(Cc2ccc(N(C)C)cc2)CC2CCCO2)c1. The van der Waals surface area contributed by atoms with Crippen LogP contribution in [-0.4, -0.2) is 50.1 Å². The highest BCUT2D eigenvalue weighted by atomic mass is 16.5. The van der Waals surface area contributed by atoms with Crippen LogP contribution in [0.4, 0.5) is 11.4 Å². The van der Waals surface area contributed by atoms with Gasteiger partial charge in [0, 0.05) is 56.6 Å². The van der Waals surface area contributed by atoms with Crippen LogP contribution in [0.25, 0.3) is 0 Å². The number of hydrogen-bond acceptors (Lipinski definition) is 4. The van der Waals surface area contributed by atoms with Gasteiger partial charge in [-0.05, 0) is 61.1 Å². The highest BCUT2D eigenvalue weighted by molar-refractivity contribution is 5.98. The number of ether oxygens (including phenoxy) is 1. The second kappa shape index (κ2) is 9.74. The summed E-state index contributed by atoms with van der Waals surface area (Å²) in [5.41, 5.74) is 3.45. The molecule has 2 aliphatic rings. The molecule has 2 fully saturated rings. The summed E-state index contributed by atoms with van der Waals surface area (Å²) in [7, 11) is 4.02. The Morgan fingerprint density at radius 2 is 1.88 bits per heavy atom. The van der Waals surface area contributed by atoms with Crippen molar-refractivity contribution < 1.29 is 14.3 Å². The van der Waals surface area contributed by atoms with Crippen LogP contribution in [-0.2, 0) is 16.1 Å². The van der Waals surface area contributed by atoms with Crippen molar-refractivity contribution in [3.05, 3.63) is 59.7 Å². The lowest BCUT2D eigenvalue weighted by Crippen LogP contribution is -2.37. The van der Waals surface area contributed by atoms with Crippen LogP contribution in [0.15, 0.2) is 48.5 Å². The van der Waals surface area contributed by atoms with E-state index in [0.29, 0.717) is 30.3 Å². The minimum absolute atomic E-state index is 0.0410. The Morgan fingerprint density at radius 3 is 2.50 bits per heavy atom. The number of nitrogens with one attached hydrogen (secondary N) is 1. The molecule has 1 N–H and O–H groups in total. The number of anilines is 2. The van der Waals surface area contributed by atoms with Gasteiger partial charge in [-0.15, -0.1) is 0 Å². The first-order chi connectivity index (χ1) is 15.4. The summed E-state index contributed by atoms with van der Waals surface area (Å²) in [6, 6.07) is 15.5. The standard InChI is InChI=1S/C26H33N3O3/c1-18-14-24(18)25(30)27-21-7-4-6-20(15-21)26(31)29(17-23-8-5-13-32-23)16-19-9-11-22(12-10-19)28(2)3/h4,6-7,9-12,15,18,23-24H,5,8,13-14,16-17H2,1-3H3,(H,27,30). The summed E-state index contributed by atoms with van der Waals surface area (Å²) >= 11 is 0. The van der Waals surface area contributed by atoms with E-state index in [2.05, 4.69) is 41.4 Å². The molecule has 1 aliphatic carbocycles. The van der Waals surface area contributed by atoms with Gasteiger partial charge in [0.25, 0.3) is 5.91 Å². The Kier molecular flexibility index (Phi) is 6.80. The Hall–Kier alpha value is -2.86. The molecule has 3 atom stereocenters. The molecule has 0 radical (unpaired) electrons. The molecule has 1 heterocycles. The van der Waals surface area contributed by atoms with Gasteiger partial charge in [-0.3, -0.25) is 9.59 Å². The Labute approximate surface area is 190 Å². The third-order valence-electron chi connectivity index (χ3n) is 6.38. The van der Waals surface area contributed by atoms with Crippen LogP contribution in [0.1, 0.15) is 42.1 Å². The van der Waals surface area contributed by atoms with E-state index in [0.717, 1.165) is 37.1 Å². The molecular weight excluding hydrogens is 402 g/mol. The first-order valence-electron chi connectivity index (χ1n) is 11.5. The van der Waals surface area contributed by atoms with Gasteiger partial charge in [0.2, 0.25) is 5.91 Å². The van der Waals surface area contributed by atoms with Crippen LogP contribution in [0.3, 0.4) is 0 Å². The molecule has 4 rings (SSSR count). The first kappa shape index (κ1) is 22.3. The first-order valence-corrected chi connectivity index (χ1v) is 11.5. The van der Waals surface area contributed by atoms with Gasteiger partial charge in [0.1, 0.15) is 0 Å². The van der Waals surface area contributed by atoms with Crippen LogP contribution in [0, 0.1) is 11.8 Å². The van der Waals surface area contributed by atoms with Crippen molar-refractivity contribution in [2.45, 2.75) is 38.8 Å². The van der Waals surface area contributed by atoms with Crippen molar-refractivity contribution in [2.75, 3.05) is 37.5 Å². The van der Waals surface area contributed by atoms with E-state index in [9.17, 15) is 9.59 Å². The number of rotatable bonds is 8. The third kappa shape index (κ3) is 5.49. The fourth-order valence-electron chi connectivity index (χ4n) is 4.21. The molecule has 1 saturated carbocycles. The van der Waals surface area contributed by atoms with Crippen LogP contribution >= 0.6 is 0 Å². The normalized spacial score (nSPS) is 21.8. The van der Waals surface area contributed by atoms with Crippen molar-refractivity contribution in [2.24, 2.45) is 11.8 Å². The fourth-order valence-corrected chi connectivity index (χ4v) is 4.21. The molecule has 2 amide bonds. The number of nitrogens with zero attached hydrogens (tertiary/aromatic N) is 2. The van der Waals surface area contributed by atoms with Gasteiger partial charge < -0.3 is 19.9 Å². The molecule has 6 nitrogen and oxygen atoms in total. The molecule has 32 heavy (non-hydrogen) atoms. The van der Waals surface area contributed by atoms with E-state index < -0.39 is 0 Å². The average Bonchev–Trinajstić information content (AvgIpc) is 3.29. The monoisotopic (exact) mass is 435 g/mol. The summed E-state index contributed by atoms with van der Waals surface area (Å²) < 4.78 is 5.82. The van der Waals surface area contributed by atoms with Gasteiger partial charge in [-0.2, -0.15) is 0 Å². The van der Waals surface area contributed by atoms with Crippen LogP contribution in [0.5, 0.6) is 0 Å². The van der Waals surface area contributed by atoms with E-state index in [-0.39, 0.29) is 23.8 Å². The highest BCUT2D eigenvalue weighted by Crippen LogP contribution is 2.38. The molecule has 1 aliphatic heterocycles. The molecule has 170 valence electrons. The zero-order chi connectivity index (χ0) is 22.7. The van der Waals surface area contributed by atoms with E-state index >= 15 is 0 Å². The summed E-state index contributed by atoms with van der Waals surface area (Å²) in [5, 5.41) is 2.97. The molecule has 0 bridgehead atoms. The van der Waals surface area contributed by atoms with Gasteiger partial charge in [0.15, 0.2) is 0 Å². The average molecular weight is 436 g/mol. The molecule has 6 heteroatoms. The summed E-state index contributed by atoms with van der Waals surface area (Å²) in [5.74, 6) is 0.531. The number of benzene rings is 2. The Balaban J connectivity index is 1.50. The second-order valence-electron chi connectivity index (χ2n) is 9.27. The molecular formula is C26H33N3O3. The fraction of sp³-hybridized carbons (Fsp3) is 0.462. The Morgan fingerprint density at radius 1 is 1.12 bits per heavy atom. The maximum Gasteiger partial charge on any atom is 0.254 e. The lowest BCUT2D eigenvalue weighted by atomic mass is 10.1. The van der Waals surface area contributed by atoms with Crippen LogP contribution in [0.2, 0.25) is 0 Å². The van der Waals surface area contributed by atoms with Crippen molar-refractivity contribution in [3.8, 4) is 0 Å². The van der Waals surface area contributed by atoms with E-state index in [4.69, 9.17) is 4.74 Å². The van der Waals surface area contributed by atoms with Gasteiger partial charge >= 0.3 is 0 Å². The number of hydrogen-bond donors (Lipinski definition) is 1. The van der Waals surface area contributed by atoms with E-state index in [1.165, 1.54) is 0 Å². The van der Waals surface area contributed by atoms with Crippen molar-refractivity contribution >= 4 is 23.2 Å². The number of carbonyl (C=O) groups excluding carboxylic acids is 2. The maximum absolute atomic E-state index is 13.5. The van der Waals surface area contributed by atoms with Crippen molar-refractivity contribution in [1.82, 2.24) is 4.90 Å². The lowest BCUT2D eigenvalue weighted by Gasteiger charge is -2.26. The summed E-state index contributed by atoms with van der Waals surface area (Å²) in [4.78, 5) is 29.7. The topological polar surface area (TPSA) is 61.9 Å². The number of carbonyl (C=O) groups is 2. The maximum atomic E-state index is 13.5. The predicted molar refractivity (Wildman–Crippen MR) is 127 cm³/mol. The second-order valence-corrected chi connectivity index (χ2v) is 9.27. The molecule has 2 aromatic carbocycles. The van der Waals surface area contributed by atoms with Gasteiger partial charge in [0.05, 0.1) is 6.10 Å². The van der Waals surface area contributed by atoms with Crippen LogP contribution < -0.4 is 10.2 Å². The van der Waals surface area contributed by atoms with Gasteiger partial charge in [-0.25, -0.2) is 0 Å². The van der Waals surface area contributed by atoms with Crippen molar-refractivity contribution in [1.29, 1.82) is 0 Å². The highest BCUT2D eigenvalue weighted by Gasteiger charge is 2.39. The molecule has 3 unspecified atom stereocenters. The van der Waals surface area contributed by atoms with Gasteiger partial charge in [-0.1, -0.05) is 25.1 Å². The minimum atomic E-state index is -0.0481. The molecule has 0 spiro atoms. The molecule has 0 aromatic heterocycles. The Bertz CT molecular complexity index is 951. The molecule has 2 aromatic rings. The smallest absolute Gasteiger partial charge is 0.254 e. The summed E-state index contributed by atoms with van der Waals surface area (Å²) in [6.45, 7) is 3.91. The number of amides is 2. The molecule has 1 saturated heterocycles. The largest absolute Gasteiger partial charge is 0.378 e. The minimum Gasteiger partial charge on any atom is -0.378 e. The summed E-state index contributed by atoms with van der Waals surface area (Å²) in [6.07, 6.45) is 3.01. The van der Waals surface area contributed by atoms with Crippen molar-refractivity contribution in [3.63, 3.8) is 0 Å². The van der Waals surface area contributed by atoms with E-state index in [1.54, 1.807) is 6.07 Å². The van der Waals surface area contributed by atoms with E-state index in [1.807, 2.05) is 37.2 Å². The zero-order valence-electron chi connectivity index (χ0n) is 19.2. The quantitative estimate of drug-likeness (QED) is 0.676.